The van der Waals surface area contributed by atoms with E-state index in [4.69, 9.17) is 0 Å². The van der Waals surface area contributed by atoms with E-state index in [1.54, 1.807) is 41.9 Å². The van der Waals surface area contributed by atoms with Crippen LogP contribution in [-0.2, 0) is 4.79 Å². The standard InChI is InChI=1S/C19H21N3O2S/c23-18(2-1-16-7-12-25-14-16)21-13-15-5-10-22(11-6-15)19(24)17-3-8-20-9-4-17/h1-4,7-9,12,14-15H,5-6,10-11,13H2,(H,21,23). The van der Waals surface area contributed by atoms with E-state index in [1.165, 1.54) is 0 Å². The molecular weight excluding hydrogens is 334 g/mol. The van der Waals surface area contributed by atoms with Crippen molar-refractivity contribution >= 4 is 29.2 Å². The molecule has 25 heavy (non-hydrogen) atoms. The van der Waals surface area contributed by atoms with Gasteiger partial charge in [0.15, 0.2) is 0 Å². The number of piperidine rings is 1. The zero-order chi connectivity index (χ0) is 17.5. The van der Waals surface area contributed by atoms with Crippen molar-refractivity contribution in [2.24, 2.45) is 5.92 Å². The zero-order valence-electron chi connectivity index (χ0n) is 13.9. The molecule has 3 rings (SSSR count). The second-order valence-electron chi connectivity index (χ2n) is 6.11. The molecule has 0 unspecified atom stereocenters. The summed E-state index contributed by atoms with van der Waals surface area (Å²) in [7, 11) is 0. The molecule has 0 bridgehead atoms. The highest BCUT2D eigenvalue weighted by Crippen LogP contribution is 2.18. The normalized spacial score (nSPS) is 15.4. The Morgan fingerprint density at radius 2 is 2.00 bits per heavy atom. The van der Waals surface area contributed by atoms with Gasteiger partial charge in [-0.05, 0) is 59.4 Å². The molecule has 0 aromatic carbocycles. The number of rotatable bonds is 5. The number of aromatic nitrogens is 1. The van der Waals surface area contributed by atoms with E-state index < -0.39 is 0 Å². The number of carbonyl (C=O) groups excluding carboxylic acids is 2. The molecule has 5 nitrogen and oxygen atoms in total. The summed E-state index contributed by atoms with van der Waals surface area (Å²) in [4.78, 5) is 30.1. The minimum Gasteiger partial charge on any atom is -0.352 e. The Kier molecular flexibility index (Phi) is 5.95. The van der Waals surface area contributed by atoms with Gasteiger partial charge in [-0.25, -0.2) is 0 Å². The molecule has 1 aliphatic heterocycles. The van der Waals surface area contributed by atoms with E-state index in [0.717, 1.165) is 31.5 Å². The molecule has 1 fully saturated rings. The van der Waals surface area contributed by atoms with Gasteiger partial charge in [-0.1, -0.05) is 0 Å². The average Bonchev–Trinajstić information content (AvgIpc) is 3.19. The van der Waals surface area contributed by atoms with Gasteiger partial charge in [-0.2, -0.15) is 11.3 Å². The highest BCUT2D eigenvalue weighted by atomic mass is 32.1. The fourth-order valence-corrected chi connectivity index (χ4v) is 3.49. The maximum Gasteiger partial charge on any atom is 0.253 e. The van der Waals surface area contributed by atoms with Crippen LogP contribution in [0.2, 0.25) is 0 Å². The topological polar surface area (TPSA) is 62.3 Å². The molecule has 0 saturated carbocycles. The Balaban J connectivity index is 1.40. The van der Waals surface area contributed by atoms with Crippen LogP contribution < -0.4 is 5.32 Å². The lowest BCUT2D eigenvalue weighted by Gasteiger charge is -2.32. The molecule has 2 aromatic heterocycles. The highest BCUT2D eigenvalue weighted by Gasteiger charge is 2.23. The first-order valence-corrected chi connectivity index (χ1v) is 9.34. The number of hydrogen-bond donors (Lipinski definition) is 1. The fraction of sp³-hybridized carbons (Fsp3) is 0.316. The van der Waals surface area contributed by atoms with Gasteiger partial charge in [0, 0.05) is 43.7 Å². The Labute approximate surface area is 151 Å². The first kappa shape index (κ1) is 17.4. The third-order valence-corrected chi connectivity index (χ3v) is 5.07. The highest BCUT2D eigenvalue weighted by molar-refractivity contribution is 7.08. The number of likely N-dealkylation sites (tertiary alicyclic amines) is 1. The maximum absolute atomic E-state index is 12.4. The molecule has 1 saturated heterocycles. The summed E-state index contributed by atoms with van der Waals surface area (Å²) in [6, 6.07) is 5.47. The number of nitrogens with zero attached hydrogens (tertiary/aromatic N) is 2. The number of amides is 2. The number of carbonyl (C=O) groups is 2. The number of nitrogens with one attached hydrogen (secondary N) is 1. The summed E-state index contributed by atoms with van der Waals surface area (Å²) in [5.74, 6) is 0.407. The first-order valence-electron chi connectivity index (χ1n) is 8.40. The molecule has 2 aromatic rings. The smallest absolute Gasteiger partial charge is 0.253 e. The maximum atomic E-state index is 12.4. The molecule has 0 atom stereocenters. The third-order valence-electron chi connectivity index (χ3n) is 4.36. The van der Waals surface area contributed by atoms with Gasteiger partial charge >= 0.3 is 0 Å². The van der Waals surface area contributed by atoms with Crippen molar-refractivity contribution < 1.29 is 9.59 Å². The first-order chi connectivity index (χ1) is 12.2. The summed E-state index contributed by atoms with van der Waals surface area (Å²) in [6.45, 7) is 2.11. The van der Waals surface area contributed by atoms with Gasteiger partial charge in [-0.3, -0.25) is 14.6 Å². The Bertz CT molecular complexity index is 720. The van der Waals surface area contributed by atoms with Crippen LogP contribution in [0.4, 0.5) is 0 Å². The molecule has 6 heteroatoms. The van der Waals surface area contributed by atoms with Gasteiger partial charge in [0.1, 0.15) is 0 Å². The van der Waals surface area contributed by atoms with Gasteiger partial charge in [-0.15, -0.1) is 0 Å². The predicted molar refractivity (Wildman–Crippen MR) is 99.2 cm³/mol. The quantitative estimate of drug-likeness (QED) is 0.839. The van der Waals surface area contributed by atoms with Crippen LogP contribution in [0.5, 0.6) is 0 Å². The van der Waals surface area contributed by atoms with Crippen LogP contribution in [0.25, 0.3) is 6.08 Å². The molecule has 1 N–H and O–H groups in total. The predicted octanol–water partition coefficient (Wildman–Crippen LogP) is 2.82. The molecule has 0 aliphatic carbocycles. The monoisotopic (exact) mass is 355 g/mol. The minimum atomic E-state index is -0.0681. The molecular formula is C19H21N3O2S. The van der Waals surface area contributed by atoms with E-state index in [-0.39, 0.29) is 11.8 Å². The number of hydrogen-bond acceptors (Lipinski definition) is 4. The van der Waals surface area contributed by atoms with Crippen molar-refractivity contribution in [2.45, 2.75) is 12.8 Å². The summed E-state index contributed by atoms with van der Waals surface area (Å²) in [5.41, 5.74) is 1.73. The van der Waals surface area contributed by atoms with Crippen molar-refractivity contribution in [3.05, 3.63) is 58.6 Å². The second kappa shape index (κ2) is 8.58. The van der Waals surface area contributed by atoms with Gasteiger partial charge in [0.25, 0.3) is 5.91 Å². The average molecular weight is 355 g/mol. The van der Waals surface area contributed by atoms with Crippen LogP contribution in [0, 0.1) is 5.92 Å². The lowest BCUT2D eigenvalue weighted by atomic mass is 9.96. The summed E-state index contributed by atoms with van der Waals surface area (Å²) < 4.78 is 0. The summed E-state index contributed by atoms with van der Waals surface area (Å²) in [5, 5.41) is 6.94. The molecule has 1 aliphatic rings. The molecule has 2 amide bonds. The van der Waals surface area contributed by atoms with Crippen LogP contribution in [0.15, 0.2) is 47.4 Å². The van der Waals surface area contributed by atoms with Crippen molar-refractivity contribution in [1.29, 1.82) is 0 Å². The van der Waals surface area contributed by atoms with Crippen LogP contribution in [-0.4, -0.2) is 41.3 Å². The SMILES string of the molecule is O=C(C=Cc1ccsc1)NCC1CCN(C(=O)c2ccncc2)CC1. The van der Waals surface area contributed by atoms with Gasteiger partial charge in [0.2, 0.25) is 5.91 Å². The van der Waals surface area contributed by atoms with E-state index in [0.29, 0.717) is 18.0 Å². The van der Waals surface area contributed by atoms with Crippen LogP contribution >= 0.6 is 11.3 Å². The lowest BCUT2D eigenvalue weighted by molar-refractivity contribution is -0.116. The van der Waals surface area contributed by atoms with Crippen molar-refractivity contribution in [2.75, 3.05) is 19.6 Å². The summed E-state index contributed by atoms with van der Waals surface area (Å²) in [6.07, 6.45) is 8.49. The number of pyridine rings is 1. The summed E-state index contributed by atoms with van der Waals surface area (Å²) >= 11 is 1.61. The van der Waals surface area contributed by atoms with Gasteiger partial charge < -0.3 is 10.2 Å². The van der Waals surface area contributed by atoms with Crippen LogP contribution in [0.3, 0.4) is 0 Å². The third kappa shape index (κ3) is 5.00. The molecule has 0 radical (unpaired) electrons. The van der Waals surface area contributed by atoms with E-state index in [2.05, 4.69) is 10.3 Å². The Hall–Kier alpha value is -2.47. The van der Waals surface area contributed by atoms with E-state index >= 15 is 0 Å². The van der Waals surface area contributed by atoms with E-state index in [1.807, 2.05) is 27.8 Å². The zero-order valence-corrected chi connectivity index (χ0v) is 14.7. The van der Waals surface area contributed by atoms with E-state index in [9.17, 15) is 9.59 Å². The van der Waals surface area contributed by atoms with Crippen molar-refractivity contribution in [3.63, 3.8) is 0 Å². The lowest BCUT2D eigenvalue weighted by Crippen LogP contribution is -2.41. The van der Waals surface area contributed by atoms with Crippen LogP contribution in [0.1, 0.15) is 28.8 Å². The van der Waals surface area contributed by atoms with Crippen molar-refractivity contribution in [1.82, 2.24) is 15.2 Å². The largest absolute Gasteiger partial charge is 0.352 e. The Morgan fingerprint density at radius 3 is 2.68 bits per heavy atom. The van der Waals surface area contributed by atoms with Gasteiger partial charge in [0.05, 0.1) is 0 Å². The molecule has 0 spiro atoms. The number of thiophene rings is 1. The molecule has 130 valence electrons. The minimum absolute atomic E-state index is 0.0589. The Morgan fingerprint density at radius 1 is 1.24 bits per heavy atom. The fourth-order valence-electron chi connectivity index (χ4n) is 2.86. The second-order valence-corrected chi connectivity index (χ2v) is 6.89. The van der Waals surface area contributed by atoms with Crippen molar-refractivity contribution in [3.8, 4) is 0 Å². The molecule has 3 heterocycles.